The number of nitrogens with one attached hydrogen (secondary N) is 1. The van der Waals surface area contributed by atoms with Crippen molar-refractivity contribution in [2.75, 3.05) is 40.8 Å². The molecule has 26 heavy (non-hydrogen) atoms. The van der Waals surface area contributed by atoms with Gasteiger partial charge in [0.05, 0.1) is 12.0 Å². The zero-order valence-electron chi connectivity index (χ0n) is 15.2. The van der Waals surface area contributed by atoms with Crippen LogP contribution in [0.5, 0.6) is 5.75 Å². The summed E-state index contributed by atoms with van der Waals surface area (Å²) in [5.74, 6) is 0.212. The molecule has 2 amide bonds. The third-order valence-corrected chi connectivity index (χ3v) is 5.08. The smallest absolute Gasteiger partial charge is 0.266 e. The van der Waals surface area contributed by atoms with Gasteiger partial charge in [0.15, 0.2) is 0 Å². The highest BCUT2D eigenvalue weighted by Gasteiger charge is 2.33. The van der Waals surface area contributed by atoms with Gasteiger partial charge in [-0.25, -0.2) is 0 Å². The summed E-state index contributed by atoms with van der Waals surface area (Å²) in [6, 6.07) is 7.43. The Labute approximate surface area is 163 Å². The first-order chi connectivity index (χ1) is 12.4. The maximum atomic E-state index is 12.6. The van der Waals surface area contributed by atoms with Gasteiger partial charge in [0, 0.05) is 12.1 Å². The summed E-state index contributed by atoms with van der Waals surface area (Å²) in [6.45, 7) is 1.40. The second kappa shape index (κ2) is 9.70. The van der Waals surface area contributed by atoms with Crippen LogP contribution in [-0.2, 0) is 9.59 Å². The number of hydrogen-bond acceptors (Lipinski definition) is 6. The molecule has 1 aliphatic heterocycles. The lowest BCUT2D eigenvalue weighted by molar-refractivity contribution is -0.128. The van der Waals surface area contributed by atoms with Gasteiger partial charge >= 0.3 is 0 Å². The van der Waals surface area contributed by atoms with Gasteiger partial charge in [-0.3, -0.25) is 14.5 Å². The monoisotopic (exact) mass is 393 g/mol. The molecular formula is C18H23N3O3S2. The van der Waals surface area contributed by atoms with Crippen molar-refractivity contribution >= 4 is 46.2 Å². The van der Waals surface area contributed by atoms with Crippen molar-refractivity contribution in [1.82, 2.24) is 15.1 Å². The SMILES string of the molecule is COc1ccccc1/C=C1/SC(=S)N(CC(=O)NCCCN(C)C)C1=O. The molecule has 1 aliphatic rings. The number of benzene rings is 1. The number of thiocarbonyl (C=S) groups is 1. The van der Waals surface area contributed by atoms with Crippen LogP contribution < -0.4 is 10.1 Å². The first-order valence-electron chi connectivity index (χ1n) is 8.22. The fourth-order valence-corrected chi connectivity index (χ4v) is 3.63. The number of carbonyl (C=O) groups excluding carboxylic acids is 2. The van der Waals surface area contributed by atoms with Gasteiger partial charge in [-0.15, -0.1) is 0 Å². The van der Waals surface area contributed by atoms with E-state index >= 15 is 0 Å². The molecule has 140 valence electrons. The summed E-state index contributed by atoms with van der Waals surface area (Å²) in [7, 11) is 5.55. The van der Waals surface area contributed by atoms with Gasteiger partial charge in [-0.2, -0.15) is 0 Å². The lowest BCUT2D eigenvalue weighted by atomic mass is 10.2. The zero-order valence-corrected chi connectivity index (χ0v) is 16.8. The van der Waals surface area contributed by atoms with Crippen LogP contribution in [0.4, 0.5) is 0 Å². The van der Waals surface area contributed by atoms with E-state index < -0.39 is 0 Å². The number of amides is 2. The van der Waals surface area contributed by atoms with Gasteiger partial charge in [0.1, 0.15) is 16.6 Å². The highest BCUT2D eigenvalue weighted by Crippen LogP contribution is 2.33. The number of carbonyl (C=O) groups is 2. The number of thioether (sulfide) groups is 1. The molecule has 1 aromatic carbocycles. The molecule has 0 saturated carbocycles. The van der Waals surface area contributed by atoms with Crippen LogP contribution in [0.25, 0.3) is 6.08 Å². The van der Waals surface area contributed by atoms with Crippen molar-refractivity contribution in [2.45, 2.75) is 6.42 Å². The molecule has 1 N–H and O–H groups in total. The van der Waals surface area contributed by atoms with Crippen LogP contribution in [0, 0.1) is 0 Å². The van der Waals surface area contributed by atoms with Gasteiger partial charge < -0.3 is 15.0 Å². The van der Waals surface area contributed by atoms with E-state index in [1.54, 1.807) is 13.2 Å². The Morgan fingerprint density at radius 1 is 1.38 bits per heavy atom. The van der Waals surface area contributed by atoms with Gasteiger partial charge in [0.2, 0.25) is 5.91 Å². The Bertz CT molecular complexity index is 719. The van der Waals surface area contributed by atoms with E-state index in [0.717, 1.165) is 18.5 Å². The molecule has 0 radical (unpaired) electrons. The Hall–Kier alpha value is -1.90. The summed E-state index contributed by atoms with van der Waals surface area (Å²) >= 11 is 6.47. The Kier molecular flexibility index (Phi) is 7.62. The van der Waals surface area contributed by atoms with Crippen LogP contribution in [0.15, 0.2) is 29.2 Å². The topological polar surface area (TPSA) is 61.9 Å². The fraction of sp³-hybridized carbons (Fsp3) is 0.389. The number of hydrogen-bond donors (Lipinski definition) is 1. The molecule has 0 atom stereocenters. The molecule has 8 heteroatoms. The standard InChI is InChI=1S/C18H23N3O3S2/c1-20(2)10-6-9-19-16(22)12-21-17(23)15(26-18(21)25)11-13-7-4-5-8-14(13)24-3/h4-5,7-8,11H,6,9-10,12H2,1-3H3,(H,19,22)/b15-11+. The highest BCUT2D eigenvalue weighted by molar-refractivity contribution is 8.26. The first-order valence-corrected chi connectivity index (χ1v) is 9.44. The number of rotatable bonds is 8. The second-order valence-electron chi connectivity index (χ2n) is 6.02. The van der Waals surface area contributed by atoms with E-state index in [1.807, 2.05) is 38.4 Å². The lowest BCUT2D eigenvalue weighted by Crippen LogP contribution is -2.40. The second-order valence-corrected chi connectivity index (χ2v) is 7.69. The fourth-order valence-electron chi connectivity index (χ4n) is 2.39. The third-order valence-electron chi connectivity index (χ3n) is 3.71. The molecule has 0 aliphatic carbocycles. The Morgan fingerprint density at radius 2 is 2.12 bits per heavy atom. The molecule has 6 nitrogen and oxygen atoms in total. The van der Waals surface area contributed by atoms with E-state index in [9.17, 15) is 9.59 Å². The van der Waals surface area contributed by atoms with E-state index in [-0.39, 0.29) is 18.4 Å². The largest absolute Gasteiger partial charge is 0.496 e. The maximum absolute atomic E-state index is 12.6. The van der Waals surface area contributed by atoms with Gasteiger partial charge in [0.25, 0.3) is 5.91 Å². The molecule has 0 spiro atoms. The van der Waals surface area contributed by atoms with E-state index in [4.69, 9.17) is 17.0 Å². The van der Waals surface area contributed by atoms with Crippen molar-refractivity contribution in [3.05, 3.63) is 34.7 Å². The molecule has 1 fully saturated rings. The van der Waals surface area contributed by atoms with E-state index in [1.165, 1.54) is 16.7 Å². The number of para-hydroxylation sites is 1. The van der Waals surface area contributed by atoms with Crippen molar-refractivity contribution in [2.24, 2.45) is 0 Å². The predicted octanol–water partition coefficient (Wildman–Crippen LogP) is 1.96. The minimum Gasteiger partial charge on any atom is -0.496 e. The molecule has 0 unspecified atom stereocenters. The van der Waals surface area contributed by atoms with Crippen LogP contribution >= 0.6 is 24.0 Å². The number of nitrogens with zero attached hydrogens (tertiary/aromatic N) is 2. The maximum Gasteiger partial charge on any atom is 0.266 e. The number of methoxy groups -OCH3 is 1. The van der Waals surface area contributed by atoms with Crippen molar-refractivity contribution in [1.29, 1.82) is 0 Å². The van der Waals surface area contributed by atoms with E-state index in [2.05, 4.69) is 10.2 Å². The molecule has 0 aromatic heterocycles. The summed E-state index contributed by atoms with van der Waals surface area (Å²) in [4.78, 5) is 28.5. The minimum atomic E-state index is -0.255. The Balaban J connectivity index is 1.98. The highest BCUT2D eigenvalue weighted by atomic mass is 32.2. The summed E-state index contributed by atoms with van der Waals surface area (Å²) < 4.78 is 5.69. The summed E-state index contributed by atoms with van der Waals surface area (Å²) in [5.41, 5.74) is 0.795. The molecule has 2 rings (SSSR count). The first kappa shape index (κ1) is 20.4. The van der Waals surface area contributed by atoms with Crippen LogP contribution in [-0.4, -0.2) is 66.8 Å². The van der Waals surface area contributed by atoms with Gasteiger partial charge in [-0.1, -0.05) is 42.2 Å². The average molecular weight is 394 g/mol. The van der Waals surface area contributed by atoms with Crippen LogP contribution in [0.2, 0.25) is 0 Å². The zero-order chi connectivity index (χ0) is 19.1. The Morgan fingerprint density at radius 3 is 2.81 bits per heavy atom. The average Bonchev–Trinajstić information content (AvgIpc) is 2.86. The molecule has 1 aromatic rings. The molecule has 1 saturated heterocycles. The molecule has 1 heterocycles. The van der Waals surface area contributed by atoms with Gasteiger partial charge in [-0.05, 0) is 39.2 Å². The number of ether oxygens (including phenoxy) is 1. The van der Waals surface area contributed by atoms with Crippen LogP contribution in [0.1, 0.15) is 12.0 Å². The van der Waals surface area contributed by atoms with Crippen LogP contribution in [0.3, 0.4) is 0 Å². The molecule has 0 bridgehead atoms. The van der Waals surface area contributed by atoms with Crippen molar-refractivity contribution in [3.8, 4) is 5.75 Å². The third kappa shape index (κ3) is 5.55. The lowest BCUT2D eigenvalue weighted by Gasteiger charge is -2.15. The van der Waals surface area contributed by atoms with Crippen molar-refractivity contribution < 1.29 is 14.3 Å². The predicted molar refractivity (Wildman–Crippen MR) is 109 cm³/mol. The van der Waals surface area contributed by atoms with E-state index in [0.29, 0.717) is 21.5 Å². The summed E-state index contributed by atoms with van der Waals surface area (Å²) in [6.07, 6.45) is 2.60. The molecular weight excluding hydrogens is 370 g/mol. The summed E-state index contributed by atoms with van der Waals surface area (Å²) in [5, 5.41) is 2.82. The quantitative estimate of drug-likeness (QED) is 0.414. The minimum absolute atomic E-state index is 0.0596. The van der Waals surface area contributed by atoms with Crippen molar-refractivity contribution in [3.63, 3.8) is 0 Å². The normalized spacial score (nSPS) is 15.8.